The largest absolute Gasteiger partial charge is 0.474 e. The zero-order valence-corrected chi connectivity index (χ0v) is 15.9. The molecule has 134 valence electrons. The third-order valence-electron chi connectivity index (χ3n) is 3.39. The Hall–Kier alpha value is -2.14. The molecule has 1 aromatic heterocycles. The van der Waals surface area contributed by atoms with Gasteiger partial charge in [0.05, 0.1) is 18.9 Å². The van der Waals surface area contributed by atoms with Crippen molar-refractivity contribution >= 4 is 17.6 Å². The SMILES string of the molecule is COC(=O)c1c(CC(C)C)nc(-c2ccc(Cl)cc2)nc1OC(C)C. The van der Waals surface area contributed by atoms with Crippen molar-refractivity contribution in [1.29, 1.82) is 0 Å². The van der Waals surface area contributed by atoms with Gasteiger partial charge in [0.15, 0.2) is 5.82 Å². The number of benzene rings is 1. The van der Waals surface area contributed by atoms with Gasteiger partial charge in [0.25, 0.3) is 0 Å². The highest BCUT2D eigenvalue weighted by atomic mass is 35.5. The number of ether oxygens (including phenoxy) is 2. The Morgan fingerprint density at radius 2 is 1.76 bits per heavy atom. The molecule has 0 bridgehead atoms. The molecule has 5 nitrogen and oxygen atoms in total. The summed E-state index contributed by atoms with van der Waals surface area (Å²) in [5.41, 5.74) is 1.72. The van der Waals surface area contributed by atoms with Gasteiger partial charge < -0.3 is 9.47 Å². The number of esters is 1. The molecule has 0 unspecified atom stereocenters. The van der Waals surface area contributed by atoms with Gasteiger partial charge in [-0.1, -0.05) is 25.4 Å². The monoisotopic (exact) mass is 362 g/mol. The standard InChI is InChI=1S/C19H23ClN2O3/c1-11(2)10-15-16(19(23)24-5)18(25-12(3)4)22-17(21-15)13-6-8-14(20)9-7-13/h6-9,11-12H,10H2,1-5H3. The number of aromatic nitrogens is 2. The minimum absolute atomic E-state index is 0.136. The van der Waals surface area contributed by atoms with Gasteiger partial charge in [0, 0.05) is 10.6 Å². The van der Waals surface area contributed by atoms with Crippen LogP contribution in [0.5, 0.6) is 5.88 Å². The molecule has 2 rings (SSSR count). The van der Waals surface area contributed by atoms with Crippen LogP contribution in [0, 0.1) is 5.92 Å². The van der Waals surface area contributed by atoms with Crippen LogP contribution in [0.4, 0.5) is 0 Å². The summed E-state index contributed by atoms with van der Waals surface area (Å²) in [6.45, 7) is 7.89. The summed E-state index contributed by atoms with van der Waals surface area (Å²) in [4.78, 5) is 21.4. The molecular formula is C19H23ClN2O3. The Balaban J connectivity index is 2.65. The molecular weight excluding hydrogens is 340 g/mol. The van der Waals surface area contributed by atoms with Crippen LogP contribution in [0.25, 0.3) is 11.4 Å². The fourth-order valence-corrected chi connectivity index (χ4v) is 2.49. The van der Waals surface area contributed by atoms with E-state index in [1.165, 1.54) is 7.11 Å². The first-order valence-corrected chi connectivity index (χ1v) is 8.61. The first-order valence-electron chi connectivity index (χ1n) is 8.23. The lowest BCUT2D eigenvalue weighted by Crippen LogP contribution is -2.17. The van der Waals surface area contributed by atoms with Crippen LogP contribution in [0.2, 0.25) is 5.02 Å². The number of nitrogens with zero attached hydrogens (tertiary/aromatic N) is 2. The number of carbonyl (C=O) groups is 1. The zero-order chi connectivity index (χ0) is 18.6. The highest BCUT2D eigenvalue weighted by Crippen LogP contribution is 2.28. The fourth-order valence-electron chi connectivity index (χ4n) is 2.36. The number of hydrogen-bond acceptors (Lipinski definition) is 5. The van der Waals surface area contributed by atoms with E-state index in [9.17, 15) is 4.79 Å². The van der Waals surface area contributed by atoms with Crippen molar-refractivity contribution in [3.05, 3.63) is 40.5 Å². The minimum Gasteiger partial charge on any atom is -0.474 e. The van der Waals surface area contributed by atoms with Gasteiger partial charge >= 0.3 is 5.97 Å². The van der Waals surface area contributed by atoms with E-state index in [4.69, 9.17) is 21.1 Å². The number of halogens is 1. The Labute approximate surface area is 153 Å². The molecule has 0 spiro atoms. The molecule has 6 heteroatoms. The second kappa shape index (κ2) is 8.30. The van der Waals surface area contributed by atoms with Gasteiger partial charge in [-0.25, -0.2) is 9.78 Å². The second-order valence-electron chi connectivity index (χ2n) is 6.44. The smallest absolute Gasteiger partial charge is 0.345 e. The minimum atomic E-state index is -0.492. The summed E-state index contributed by atoms with van der Waals surface area (Å²) in [5.74, 6) is 0.560. The predicted molar refractivity (Wildman–Crippen MR) is 98.1 cm³/mol. The molecule has 0 aliphatic carbocycles. The molecule has 0 saturated heterocycles. The second-order valence-corrected chi connectivity index (χ2v) is 6.87. The van der Waals surface area contributed by atoms with Crippen LogP contribution >= 0.6 is 11.6 Å². The predicted octanol–water partition coefficient (Wildman–Crippen LogP) is 4.57. The molecule has 0 aliphatic heterocycles. The van der Waals surface area contributed by atoms with E-state index in [1.54, 1.807) is 12.1 Å². The van der Waals surface area contributed by atoms with Crippen LogP contribution in [0.3, 0.4) is 0 Å². The van der Waals surface area contributed by atoms with Crippen LogP contribution in [0.1, 0.15) is 43.7 Å². The third-order valence-corrected chi connectivity index (χ3v) is 3.64. The molecule has 25 heavy (non-hydrogen) atoms. The molecule has 1 aromatic carbocycles. The lowest BCUT2D eigenvalue weighted by molar-refractivity contribution is 0.0590. The topological polar surface area (TPSA) is 61.3 Å². The van der Waals surface area contributed by atoms with Crippen molar-refractivity contribution in [1.82, 2.24) is 9.97 Å². The summed E-state index contributed by atoms with van der Waals surface area (Å²) in [5, 5.41) is 0.635. The number of methoxy groups -OCH3 is 1. The summed E-state index contributed by atoms with van der Waals surface area (Å²) in [6, 6.07) is 7.24. The Bertz CT molecular complexity index is 712. The van der Waals surface area contributed by atoms with Gasteiger partial charge in [-0.15, -0.1) is 0 Å². The summed E-state index contributed by atoms with van der Waals surface area (Å²) >= 11 is 5.96. The van der Waals surface area contributed by atoms with Crippen molar-refractivity contribution in [2.24, 2.45) is 5.92 Å². The third kappa shape index (κ3) is 4.92. The summed E-state index contributed by atoms with van der Waals surface area (Å²) in [6.07, 6.45) is 0.477. The Kier molecular flexibility index (Phi) is 6.37. The van der Waals surface area contributed by atoms with Gasteiger partial charge in [-0.2, -0.15) is 4.98 Å². The molecule has 0 aliphatic rings. The van der Waals surface area contributed by atoms with E-state index in [1.807, 2.05) is 26.0 Å². The maximum absolute atomic E-state index is 12.3. The number of hydrogen-bond donors (Lipinski definition) is 0. The summed E-state index contributed by atoms with van der Waals surface area (Å²) < 4.78 is 10.7. The molecule has 1 heterocycles. The average molecular weight is 363 g/mol. The number of carbonyl (C=O) groups excluding carboxylic acids is 1. The van der Waals surface area contributed by atoms with Gasteiger partial charge in [0.2, 0.25) is 5.88 Å². The molecule has 0 atom stereocenters. The highest BCUT2D eigenvalue weighted by Gasteiger charge is 2.24. The summed E-state index contributed by atoms with van der Waals surface area (Å²) in [7, 11) is 1.34. The van der Waals surface area contributed by atoms with Gasteiger partial charge in [0.1, 0.15) is 5.56 Å². The van der Waals surface area contributed by atoms with Gasteiger partial charge in [-0.3, -0.25) is 0 Å². The quantitative estimate of drug-likeness (QED) is 0.704. The van der Waals surface area contributed by atoms with Crippen molar-refractivity contribution in [3.8, 4) is 17.3 Å². The first kappa shape index (κ1) is 19.2. The van der Waals surface area contributed by atoms with Crippen LogP contribution < -0.4 is 4.74 Å². The lowest BCUT2D eigenvalue weighted by Gasteiger charge is -2.17. The Morgan fingerprint density at radius 1 is 1.12 bits per heavy atom. The van der Waals surface area contributed by atoms with E-state index >= 15 is 0 Å². The molecule has 2 aromatic rings. The van der Waals surface area contributed by atoms with Crippen molar-refractivity contribution < 1.29 is 14.3 Å². The average Bonchev–Trinajstić information content (AvgIpc) is 2.53. The number of rotatable bonds is 6. The Morgan fingerprint density at radius 3 is 2.28 bits per heavy atom. The molecule has 0 N–H and O–H groups in total. The van der Waals surface area contributed by atoms with Crippen molar-refractivity contribution in [2.75, 3.05) is 7.11 Å². The van der Waals surface area contributed by atoms with E-state index < -0.39 is 5.97 Å². The lowest BCUT2D eigenvalue weighted by atomic mass is 10.0. The van der Waals surface area contributed by atoms with E-state index in [0.29, 0.717) is 34.4 Å². The zero-order valence-electron chi connectivity index (χ0n) is 15.2. The van der Waals surface area contributed by atoms with Crippen molar-refractivity contribution in [3.63, 3.8) is 0 Å². The fraction of sp³-hybridized carbons (Fsp3) is 0.421. The highest BCUT2D eigenvalue weighted by molar-refractivity contribution is 6.30. The molecule has 0 radical (unpaired) electrons. The molecule has 0 fully saturated rings. The van der Waals surface area contributed by atoms with E-state index in [-0.39, 0.29) is 12.0 Å². The molecule has 0 saturated carbocycles. The van der Waals surface area contributed by atoms with Crippen LogP contribution in [0.15, 0.2) is 24.3 Å². The van der Waals surface area contributed by atoms with Crippen LogP contribution in [-0.2, 0) is 11.2 Å². The van der Waals surface area contributed by atoms with Crippen LogP contribution in [-0.4, -0.2) is 29.2 Å². The normalized spacial score (nSPS) is 11.0. The maximum atomic E-state index is 12.3. The maximum Gasteiger partial charge on any atom is 0.345 e. The van der Waals surface area contributed by atoms with E-state index in [2.05, 4.69) is 23.8 Å². The van der Waals surface area contributed by atoms with Crippen molar-refractivity contribution in [2.45, 2.75) is 40.2 Å². The van der Waals surface area contributed by atoms with E-state index in [0.717, 1.165) is 5.56 Å². The molecule has 0 amide bonds. The first-order chi connectivity index (χ1) is 11.8. The van der Waals surface area contributed by atoms with Gasteiger partial charge in [-0.05, 0) is 50.5 Å².